The van der Waals surface area contributed by atoms with Crippen molar-refractivity contribution in [1.29, 1.82) is 5.26 Å². The molecule has 2 rings (SSSR count). The Kier molecular flexibility index (Phi) is 4.13. The minimum absolute atomic E-state index is 0.577. The van der Waals surface area contributed by atoms with Crippen molar-refractivity contribution in [3.8, 4) is 6.07 Å². The molecule has 0 unspecified atom stereocenters. The molecule has 2 aromatic rings. The number of halogens is 3. The van der Waals surface area contributed by atoms with Crippen LogP contribution in [0.4, 0.5) is 13.2 Å². The molecule has 0 aliphatic heterocycles. The molecule has 4 heteroatoms. The van der Waals surface area contributed by atoms with Gasteiger partial charge in [0, 0.05) is 6.08 Å². The van der Waals surface area contributed by atoms with E-state index in [4.69, 9.17) is 5.26 Å². The first kappa shape index (κ1) is 14.9. The second-order valence-electron chi connectivity index (χ2n) is 4.63. The van der Waals surface area contributed by atoms with Crippen LogP contribution < -0.4 is 0 Å². The maximum absolute atomic E-state index is 12.6. The van der Waals surface area contributed by atoms with Gasteiger partial charge in [0.2, 0.25) is 0 Å². The summed E-state index contributed by atoms with van der Waals surface area (Å²) in [6, 6.07) is 14.2. The predicted molar refractivity (Wildman–Crippen MR) is 75.3 cm³/mol. The van der Waals surface area contributed by atoms with E-state index in [0.29, 0.717) is 11.1 Å². The quantitative estimate of drug-likeness (QED) is 0.715. The summed E-state index contributed by atoms with van der Waals surface area (Å²) in [6.45, 7) is 1.94. The van der Waals surface area contributed by atoms with Gasteiger partial charge in [0.25, 0.3) is 0 Å². The van der Waals surface area contributed by atoms with Gasteiger partial charge in [-0.15, -0.1) is 0 Å². The van der Waals surface area contributed by atoms with Crippen LogP contribution >= 0.6 is 0 Å². The molecular weight excluding hydrogens is 275 g/mol. The maximum Gasteiger partial charge on any atom is 0.416 e. The van der Waals surface area contributed by atoms with Crippen molar-refractivity contribution in [3.05, 3.63) is 76.9 Å². The molecule has 1 nitrogen and oxygen atoms in total. The van der Waals surface area contributed by atoms with Crippen molar-refractivity contribution in [2.75, 3.05) is 0 Å². The number of rotatable bonds is 2. The third kappa shape index (κ3) is 3.51. The Morgan fingerprint density at radius 3 is 1.86 bits per heavy atom. The summed E-state index contributed by atoms with van der Waals surface area (Å²) < 4.78 is 37.7. The second-order valence-corrected chi connectivity index (χ2v) is 4.63. The molecule has 0 aliphatic rings. The van der Waals surface area contributed by atoms with Crippen LogP contribution in [0.2, 0.25) is 0 Å². The molecule has 0 aromatic heterocycles. The second kappa shape index (κ2) is 5.84. The van der Waals surface area contributed by atoms with Crippen molar-refractivity contribution in [2.24, 2.45) is 0 Å². The highest BCUT2D eigenvalue weighted by molar-refractivity contribution is 5.81. The van der Waals surface area contributed by atoms with Crippen LogP contribution in [0, 0.1) is 18.3 Å². The zero-order chi connectivity index (χ0) is 15.5. The number of alkyl halides is 3. The molecule has 0 aliphatic carbocycles. The van der Waals surface area contributed by atoms with Crippen LogP contribution in [0.5, 0.6) is 0 Å². The summed E-state index contributed by atoms with van der Waals surface area (Å²) >= 11 is 0. The number of aryl methyl sites for hydroxylation is 1. The Morgan fingerprint density at radius 1 is 0.952 bits per heavy atom. The van der Waals surface area contributed by atoms with E-state index >= 15 is 0 Å². The molecule has 2 aromatic carbocycles. The van der Waals surface area contributed by atoms with E-state index in [0.717, 1.165) is 23.3 Å². The van der Waals surface area contributed by atoms with E-state index in [9.17, 15) is 13.2 Å². The highest BCUT2D eigenvalue weighted by Gasteiger charge is 2.30. The number of hydrogen-bond acceptors (Lipinski definition) is 1. The van der Waals surface area contributed by atoms with Crippen LogP contribution in [0.1, 0.15) is 22.3 Å². The molecule has 0 spiro atoms. The van der Waals surface area contributed by atoms with Gasteiger partial charge in [-0.1, -0.05) is 42.0 Å². The number of nitriles is 1. The Balaban J connectivity index is 2.43. The van der Waals surface area contributed by atoms with E-state index < -0.39 is 11.7 Å². The van der Waals surface area contributed by atoms with Crippen LogP contribution in [0.25, 0.3) is 5.57 Å². The molecule has 21 heavy (non-hydrogen) atoms. The van der Waals surface area contributed by atoms with Crippen LogP contribution in [0.15, 0.2) is 54.6 Å². The van der Waals surface area contributed by atoms with Gasteiger partial charge in [0.1, 0.15) is 0 Å². The number of benzene rings is 2. The van der Waals surface area contributed by atoms with E-state index in [1.54, 1.807) is 0 Å². The van der Waals surface area contributed by atoms with Gasteiger partial charge in [0.15, 0.2) is 0 Å². The first-order valence-electron chi connectivity index (χ1n) is 6.26. The molecule has 0 heterocycles. The van der Waals surface area contributed by atoms with Crippen molar-refractivity contribution < 1.29 is 13.2 Å². The summed E-state index contributed by atoms with van der Waals surface area (Å²) in [4.78, 5) is 0. The summed E-state index contributed by atoms with van der Waals surface area (Å²) in [6.07, 6.45) is -3.02. The van der Waals surface area contributed by atoms with Gasteiger partial charge >= 0.3 is 6.18 Å². The van der Waals surface area contributed by atoms with E-state index in [1.807, 2.05) is 37.3 Å². The fourth-order valence-electron chi connectivity index (χ4n) is 1.97. The normalized spacial score (nSPS) is 12.0. The summed E-state index contributed by atoms with van der Waals surface area (Å²) in [5, 5.41) is 8.89. The largest absolute Gasteiger partial charge is 0.416 e. The molecule has 0 saturated heterocycles. The zero-order valence-corrected chi connectivity index (χ0v) is 11.3. The average Bonchev–Trinajstić information content (AvgIpc) is 2.45. The van der Waals surface area contributed by atoms with Gasteiger partial charge in [-0.05, 0) is 35.8 Å². The Morgan fingerprint density at radius 2 is 1.43 bits per heavy atom. The maximum atomic E-state index is 12.6. The van der Waals surface area contributed by atoms with E-state index in [-0.39, 0.29) is 0 Å². The topological polar surface area (TPSA) is 23.8 Å². The molecule has 106 valence electrons. The lowest BCUT2D eigenvalue weighted by molar-refractivity contribution is -0.137. The molecule has 0 atom stereocenters. The van der Waals surface area contributed by atoms with Gasteiger partial charge in [-0.3, -0.25) is 0 Å². The van der Waals surface area contributed by atoms with Crippen LogP contribution in [0.3, 0.4) is 0 Å². The predicted octanol–water partition coefficient (Wildman–Crippen LogP) is 4.97. The van der Waals surface area contributed by atoms with Crippen LogP contribution in [-0.2, 0) is 6.18 Å². The highest BCUT2D eigenvalue weighted by Crippen LogP contribution is 2.31. The lowest BCUT2D eigenvalue weighted by Crippen LogP contribution is -2.04. The zero-order valence-electron chi connectivity index (χ0n) is 11.3. The first-order valence-corrected chi connectivity index (χ1v) is 6.26. The number of hydrogen-bond donors (Lipinski definition) is 0. The minimum Gasteiger partial charge on any atom is -0.193 e. The molecule has 0 fully saturated rings. The molecule has 0 saturated carbocycles. The number of nitrogens with zero attached hydrogens (tertiary/aromatic N) is 1. The van der Waals surface area contributed by atoms with Gasteiger partial charge in [-0.2, -0.15) is 18.4 Å². The van der Waals surface area contributed by atoms with Crippen LogP contribution in [-0.4, -0.2) is 0 Å². The number of allylic oxidation sites excluding steroid dienone is 1. The Bertz CT molecular complexity index is 687. The van der Waals surface area contributed by atoms with Gasteiger partial charge in [0.05, 0.1) is 11.6 Å². The molecule has 0 amide bonds. The summed E-state index contributed by atoms with van der Waals surface area (Å²) in [7, 11) is 0. The standard InChI is InChI=1S/C17H12F3N/c1-12-2-4-13(5-3-12)16(10-11-21)14-6-8-15(9-7-14)17(18,19)20/h2-10H,1H3/b16-10-. The molecular formula is C17H12F3N. The fourth-order valence-corrected chi connectivity index (χ4v) is 1.97. The lowest BCUT2D eigenvalue weighted by Gasteiger charge is -2.10. The average molecular weight is 287 g/mol. The summed E-state index contributed by atoms with van der Waals surface area (Å²) in [5.74, 6) is 0. The van der Waals surface area contributed by atoms with Crippen molar-refractivity contribution in [3.63, 3.8) is 0 Å². The highest BCUT2D eigenvalue weighted by atomic mass is 19.4. The Labute approximate surface area is 121 Å². The first-order chi connectivity index (χ1) is 9.91. The molecule has 0 N–H and O–H groups in total. The smallest absolute Gasteiger partial charge is 0.193 e. The minimum atomic E-state index is -4.36. The van der Waals surface area contributed by atoms with E-state index in [2.05, 4.69) is 0 Å². The van der Waals surface area contributed by atoms with Crippen molar-refractivity contribution in [2.45, 2.75) is 13.1 Å². The summed E-state index contributed by atoms with van der Waals surface area (Å²) in [5.41, 5.74) is 2.34. The molecule has 0 bridgehead atoms. The Hall–Kier alpha value is -2.54. The monoisotopic (exact) mass is 287 g/mol. The van der Waals surface area contributed by atoms with Gasteiger partial charge < -0.3 is 0 Å². The molecule has 0 radical (unpaired) electrons. The van der Waals surface area contributed by atoms with Gasteiger partial charge in [-0.25, -0.2) is 0 Å². The SMILES string of the molecule is Cc1ccc(/C(=C/C#N)c2ccc(C(F)(F)F)cc2)cc1. The van der Waals surface area contributed by atoms with E-state index in [1.165, 1.54) is 18.2 Å². The lowest BCUT2D eigenvalue weighted by atomic mass is 9.96. The van der Waals surface area contributed by atoms with Crippen molar-refractivity contribution in [1.82, 2.24) is 0 Å². The fraction of sp³-hybridized carbons (Fsp3) is 0.118. The third-order valence-electron chi connectivity index (χ3n) is 3.09. The third-order valence-corrected chi connectivity index (χ3v) is 3.09. The van der Waals surface area contributed by atoms with Crippen molar-refractivity contribution >= 4 is 5.57 Å².